The molecular weight excluding hydrogens is 260 g/mol. The molecule has 0 saturated carbocycles. The van der Waals surface area contributed by atoms with Gasteiger partial charge in [0.1, 0.15) is 5.78 Å². The maximum Gasteiger partial charge on any atom is 0.135 e. The Labute approximate surface area is 131 Å². The molecule has 2 fully saturated rings. The van der Waals surface area contributed by atoms with Crippen LogP contribution in [0.25, 0.3) is 0 Å². The molecule has 122 valence electrons. The molecule has 0 aromatic rings. The largest absolute Gasteiger partial charge is 0.304 e. The van der Waals surface area contributed by atoms with Crippen LogP contribution in [0.2, 0.25) is 0 Å². The van der Waals surface area contributed by atoms with Crippen LogP contribution in [0.3, 0.4) is 0 Å². The zero-order chi connectivity index (χ0) is 15.3. The van der Waals surface area contributed by atoms with Crippen LogP contribution in [0.4, 0.5) is 0 Å². The van der Waals surface area contributed by atoms with Crippen LogP contribution in [0.5, 0.6) is 0 Å². The molecule has 0 unspecified atom stereocenters. The van der Waals surface area contributed by atoms with E-state index in [4.69, 9.17) is 0 Å². The van der Waals surface area contributed by atoms with Crippen LogP contribution in [-0.4, -0.2) is 54.9 Å². The number of rotatable bonds is 6. The van der Waals surface area contributed by atoms with E-state index in [1.54, 1.807) is 0 Å². The van der Waals surface area contributed by atoms with Crippen molar-refractivity contribution in [3.63, 3.8) is 0 Å². The normalized spacial score (nSPS) is 23.8. The van der Waals surface area contributed by atoms with Crippen molar-refractivity contribution in [2.75, 3.05) is 39.3 Å². The summed E-state index contributed by atoms with van der Waals surface area (Å²) in [5.74, 6) is 0.633. The molecule has 2 heterocycles. The van der Waals surface area contributed by atoms with Gasteiger partial charge in [-0.1, -0.05) is 20.8 Å². The fourth-order valence-corrected chi connectivity index (χ4v) is 3.86. The standard InChI is InChI=1S/C18H34N2O/c1-4-19-12-7-18(8-13-19)9-14-20(15-10-18)11-5-6-17(21)16(2)3/h16H,4-15H2,1-3H3. The number of nitrogens with zero attached hydrogens (tertiary/aromatic N) is 2. The summed E-state index contributed by atoms with van der Waals surface area (Å²) in [6, 6.07) is 0. The predicted octanol–water partition coefficient (Wildman–Crippen LogP) is 3.19. The first kappa shape index (κ1) is 17.0. The second-order valence-electron chi connectivity index (χ2n) is 7.50. The Kier molecular flexibility index (Phi) is 6.24. The maximum absolute atomic E-state index is 11.7. The van der Waals surface area contributed by atoms with Gasteiger partial charge >= 0.3 is 0 Å². The van der Waals surface area contributed by atoms with Crippen LogP contribution < -0.4 is 0 Å². The van der Waals surface area contributed by atoms with Crippen molar-refractivity contribution in [2.24, 2.45) is 11.3 Å². The third-order valence-corrected chi connectivity index (χ3v) is 5.82. The third-order valence-electron chi connectivity index (χ3n) is 5.82. The van der Waals surface area contributed by atoms with Crippen molar-refractivity contribution >= 4 is 5.78 Å². The lowest BCUT2D eigenvalue weighted by molar-refractivity contribution is -0.122. The van der Waals surface area contributed by atoms with Crippen LogP contribution in [0, 0.1) is 11.3 Å². The predicted molar refractivity (Wildman–Crippen MR) is 88.5 cm³/mol. The van der Waals surface area contributed by atoms with Gasteiger partial charge in [0.2, 0.25) is 0 Å². The van der Waals surface area contributed by atoms with Crippen molar-refractivity contribution in [1.82, 2.24) is 9.80 Å². The Morgan fingerprint density at radius 2 is 1.52 bits per heavy atom. The SMILES string of the molecule is CCN1CCC2(CC1)CCN(CCCC(=O)C(C)C)CC2. The van der Waals surface area contributed by atoms with Crippen molar-refractivity contribution < 1.29 is 4.79 Å². The smallest absolute Gasteiger partial charge is 0.135 e. The minimum Gasteiger partial charge on any atom is -0.304 e. The second kappa shape index (κ2) is 7.73. The summed E-state index contributed by atoms with van der Waals surface area (Å²) >= 11 is 0. The number of hydrogen-bond donors (Lipinski definition) is 0. The number of ketones is 1. The minimum atomic E-state index is 0.207. The summed E-state index contributed by atoms with van der Waals surface area (Å²) in [5.41, 5.74) is 0.649. The van der Waals surface area contributed by atoms with Gasteiger partial charge in [-0.15, -0.1) is 0 Å². The van der Waals surface area contributed by atoms with E-state index in [2.05, 4.69) is 16.7 Å². The van der Waals surface area contributed by atoms with Crippen molar-refractivity contribution in [1.29, 1.82) is 0 Å². The van der Waals surface area contributed by atoms with E-state index in [9.17, 15) is 4.79 Å². The van der Waals surface area contributed by atoms with Crippen molar-refractivity contribution in [3.05, 3.63) is 0 Å². The average Bonchev–Trinajstić information content (AvgIpc) is 2.50. The summed E-state index contributed by atoms with van der Waals surface area (Å²) < 4.78 is 0. The maximum atomic E-state index is 11.7. The third kappa shape index (κ3) is 4.79. The lowest BCUT2D eigenvalue weighted by Crippen LogP contribution is -2.46. The van der Waals surface area contributed by atoms with Gasteiger partial charge in [0.05, 0.1) is 0 Å². The van der Waals surface area contributed by atoms with Crippen molar-refractivity contribution in [3.8, 4) is 0 Å². The highest BCUT2D eigenvalue weighted by atomic mass is 16.1. The van der Waals surface area contributed by atoms with E-state index in [1.807, 2.05) is 13.8 Å². The minimum absolute atomic E-state index is 0.207. The molecule has 0 aliphatic carbocycles. The Morgan fingerprint density at radius 3 is 2.00 bits per heavy atom. The molecule has 0 aromatic carbocycles. The fourth-order valence-electron chi connectivity index (χ4n) is 3.86. The van der Waals surface area contributed by atoms with E-state index in [1.165, 1.54) is 58.4 Å². The van der Waals surface area contributed by atoms with Gasteiger partial charge in [-0.3, -0.25) is 4.79 Å². The molecule has 2 aliphatic heterocycles. The summed E-state index contributed by atoms with van der Waals surface area (Å²) in [6.07, 6.45) is 7.38. The van der Waals surface area contributed by atoms with Gasteiger partial charge in [-0.2, -0.15) is 0 Å². The van der Waals surface area contributed by atoms with Gasteiger partial charge in [-0.25, -0.2) is 0 Å². The number of piperidine rings is 2. The van der Waals surface area contributed by atoms with Gasteiger partial charge in [0.25, 0.3) is 0 Å². The summed E-state index contributed by atoms with van der Waals surface area (Å²) in [7, 11) is 0. The first-order chi connectivity index (χ1) is 10.0. The topological polar surface area (TPSA) is 23.6 Å². The van der Waals surface area contributed by atoms with Gasteiger partial charge in [0.15, 0.2) is 0 Å². The van der Waals surface area contributed by atoms with Crippen molar-refractivity contribution in [2.45, 2.75) is 59.3 Å². The summed E-state index contributed by atoms with van der Waals surface area (Å²) in [5, 5.41) is 0. The molecule has 2 aliphatic rings. The highest BCUT2D eigenvalue weighted by Crippen LogP contribution is 2.41. The first-order valence-electron chi connectivity index (χ1n) is 9.02. The van der Waals surface area contributed by atoms with E-state index in [-0.39, 0.29) is 5.92 Å². The number of likely N-dealkylation sites (tertiary alicyclic amines) is 2. The Hall–Kier alpha value is -0.410. The molecule has 0 amide bonds. The van der Waals surface area contributed by atoms with E-state index in [0.717, 1.165) is 19.4 Å². The molecule has 2 rings (SSSR count). The molecule has 0 atom stereocenters. The quantitative estimate of drug-likeness (QED) is 0.751. The van der Waals surface area contributed by atoms with E-state index >= 15 is 0 Å². The first-order valence-corrected chi connectivity index (χ1v) is 9.02. The Morgan fingerprint density at radius 1 is 1.00 bits per heavy atom. The lowest BCUT2D eigenvalue weighted by Gasteiger charge is -2.46. The molecule has 0 aromatic heterocycles. The van der Waals surface area contributed by atoms with E-state index in [0.29, 0.717) is 11.2 Å². The number of hydrogen-bond acceptors (Lipinski definition) is 3. The monoisotopic (exact) mass is 294 g/mol. The summed E-state index contributed by atoms with van der Waals surface area (Å²) in [6.45, 7) is 13.7. The molecule has 3 heteroatoms. The molecule has 0 radical (unpaired) electrons. The van der Waals surface area contributed by atoms with Gasteiger partial charge in [0, 0.05) is 12.3 Å². The van der Waals surface area contributed by atoms with Crippen LogP contribution in [0.1, 0.15) is 59.3 Å². The molecule has 3 nitrogen and oxygen atoms in total. The van der Waals surface area contributed by atoms with Gasteiger partial charge in [-0.05, 0) is 76.8 Å². The molecule has 0 bridgehead atoms. The second-order valence-corrected chi connectivity index (χ2v) is 7.50. The van der Waals surface area contributed by atoms with E-state index < -0.39 is 0 Å². The number of Topliss-reactive ketones (excluding diaryl/α,β-unsaturated/α-hetero) is 1. The molecule has 1 spiro atoms. The summed E-state index contributed by atoms with van der Waals surface area (Å²) in [4.78, 5) is 16.8. The van der Waals surface area contributed by atoms with Gasteiger partial charge < -0.3 is 9.80 Å². The van der Waals surface area contributed by atoms with Crippen LogP contribution in [0.15, 0.2) is 0 Å². The average molecular weight is 294 g/mol. The van der Waals surface area contributed by atoms with Crippen LogP contribution in [-0.2, 0) is 4.79 Å². The highest BCUT2D eigenvalue weighted by Gasteiger charge is 2.36. The molecule has 0 N–H and O–H groups in total. The highest BCUT2D eigenvalue weighted by molar-refractivity contribution is 5.80. The Bertz CT molecular complexity index is 322. The number of carbonyl (C=O) groups is 1. The van der Waals surface area contributed by atoms with Crippen LogP contribution >= 0.6 is 0 Å². The number of carbonyl (C=O) groups excluding carboxylic acids is 1. The molecular formula is C18H34N2O. The fraction of sp³-hybridized carbons (Fsp3) is 0.944. The molecule has 21 heavy (non-hydrogen) atoms. The molecule has 2 saturated heterocycles. The zero-order valence-corrected chi connectivity index (χ0v) is 14.4. The zero-order valence-electron chi connectivity index (χ0n) is 14.4. The lowest BCUT2D eigenvalue weighted by atomic mass is 9.71. The Balaban J connectivity index is 1.65.